The van der Waals surface area contributed by atoms with Crippen LogP contribution < -0.4 is 10.6 Å². The van der Waals surface area contributed by atoms with Crippen LogP contribution in [0.1, 0.15) is 98.8 Å². The van der Waals surface area contributed by atoms with E-state index in [9.17, 15) is 34.5 Å². The van der Waals surface area contributed by atoms with Gasteiger partial charge >= 0.3 is 18.0 Å². The van der Waals surface area contributed by atoms with Gasteiger partial charge in [-0.1, -0.05) is 18.9 Å². The first-order valence-corrected chi connectivity index (χ1v) is 19.8. The minimum absolute atomic E-state index is 0.0971. The lowest BCUT2D eigenvalue weighted by Gasteiger charge is -2.63. The fourth-order valence-electron chi connectivity index (χ4n) is 12.0. The Morgan fingerprint density at radius 2 is 1.86 bits per heavy atom. The number of aliphatic hydroxyl groups is 3. The van der Waals surface area contributed by atoms with Crippen LogP contribution in [0.4, 0.5) is 4.79 Å². The molecule has 0 aromatic heterocycles. The van der Waals surface area contributed by atoms with Gasteiger partial charge in [0.2, 0.25) is 0 Å². The average molecular weight is 729 g/mol. The minimum Gasteiger partial charge on any atom is -0.455 e. The second-order valence-electron chi connectivity index (χ2n) is 17.4. The summed E-state index contributed by atoms with van der Waals surface area (Å²) in [6.07, 6.45) is 5.44. The van der Waals surface area contributed by atoms with E-state index in [-0.39, 0.29) is 60.8 Å². The number of thioether (sulfide) groups is 1. The lowest BCUT2D eigenvalue weighted by molar-refractivity contribution is -0.283. The molecule has 280 valence electrons. The SMILES string of the molecule is CC1=C(C)C(=O)OC([C@](C)(O)[C@]2(O)CC[C@@]3(O)C4C[C@H]5O[C@]56[C@H](OC(=O)CCCCC5CSC7NC(=O)NC57)C=CC(=O)[C@]6(C)C4CC[C@]23C)C1. The average Bonchev–Trinajstić information content (AvgIpc) is 3.43. The first kappa shape index (κ1) is 35.6. The number of ketones is 1. The number of hydrogen-bond donors (Lipinski definition) is 5. The molecule has 0 aromatic carbocycles. The standard InChI is InChI=1S/C38H52N2O10S/c1-19-16-26(49-31(43)20(19)2)35(5,45)37(47)15-14-36(46)23-17-27-38(50-27)25(11-10-24(41)34(38,4)22(23)12-13-33(36,37)3)48-28(42)9-7-6-8-21-18-51-30-29(21)39-32(44)40-30/h10-11,21-23,25-27,29-30,45-47H,6-9,12-18H2,1-5H3,(H2,39,40,44)/t21?,22?,23?,25-,26?,27-,29?,30?,33+,34+,35+,36-,37+,38-/m1/s1. The maximum Gasteiger partial charge on any atom is 0.334 e. The lowest BCUT2D eigenvalue weighted by atomic mass is 9.42. The van der Waals surface area contributed by atoms with Crippen molar-refractivity contribution in [2.24, 2.45) is 28.6 Å². The first-order chi connectivity index (χ1) is 23.9. The van der Waals surface area contributed by atoms with Crippen molar-refractivity contribution in [3.8, 4) is 0 Å². The van der Waals surface area contributed by atoms with E-state index >= 15 is 0 Å². The summed E-state index contributed by atoms with van der Waals surface area (Å²) >= 11 is 1.75. The number of fused-ring (bicyclic) bond motifs is 5. The molecular weight excluding hydrogens is 676 g/mol. The van der Waals surface area contributed by atoms with Crippen molar-refractivity contribution in [3.63, 3.8) is 0 Å². The number of rotatable bonds is 8. The van der Waals surface area contributed by atoms with Crippen molar-refractivity contribution >= 4 is 35.5 Å². The summed E-state index contributed by atoms with van der Waals surface area (Å²) in [4.78, 5) is 51.6. The molecule has 14 atom stereocenters. The molecule has 0 bridgehead atoms. The first-order valence-electron chi connectivity index (χ1n) is 18.8. The van der Waals surface area contributed by atoms with E-state index in [0.717, 1.165) is 24.2 Å². The van der Waals surface area contributed by atoms with Gasteiger partial charge < -0.3 is 40.2 Å². The number of cyclic esters (lactones) is 1. The number of carbonyl (C=O) groups excluding carboxylic acids is 4. The Labute approximate surface area is 302 Å². The molecule has 4 aliphatic heterocycles. The summed E-state index contributed by atoms with van der Waals surface area (Å²) in [7, 11) is 0. The minimum atomic E-state index is -1.86. The largest absolute Gasteiger partial charge is 0.455 e. The number of esters is 2. The topological polar surface area (TPSA) is 184 Å². The maximum atomic E-state index is 14.0. The smallest absolute Gasteiger partial charge is 0.334 e. The quantitative estimate of drug-likeness (QED) is 0.141. The van der Waals surface area contributed by atoms with E-state index in [1.165, 1.54) is 13.0 Å². The number of nitrogens with one attached hydrogen (secondary N) is 2. The van der Waals surface area contributed by atoms with Gasteiger partial charge in [0.25, 0.3) is 0 Å². The van der Waals surface area contributed by atoms with Crippen molar-refractivity contribution in [1.82, 2.24) is 10.6 Å². The van der Waals surface area contributed by atoms with Crippen LogP contribution in [0.25, 0.3) is 0 Å². The van der Waals surface area contributed by atoms with Gasteiger partial charge in [-0.15, -0.1) is 11.8 Å². The van der Waals surface area contributed by atoms with Crippen molar-refractivity contribution in [2.45, 2.75) is 151 Å². The fourth-order valence-corrected chi connectivity index (χ4v) is 13.5. The van der Waals surface area contributed by atoms with Crippen molar-refractivity contribution < 1.29 is 48.7 Å². The van der Waals surface area contributed by atoms with Gasteiger partial charge in [0.05, 0.1) is 28.5 Å². The van der Waals surface area contributed by atoms with Gasteiger partial charge in [-0.3, -0.25) is 9.59 Å². The number of allylic oxidation sites excluding steroid dienone is 1. The molecule has 5 N–H and O–H groups in total. The number of hydrogen-bond acceptors (Lipinski definition) is 11. The molecular formula is C38H52N2O10S. The van der Waals surface area contributed by atoms with Gasteiger partial charge in [0.15, 0.2) is 11.9 Å². The summed E-state index contributed by atoms with van der Waals surface area (Å²) < 4.78 is 18.3. The van der Waals surface area contributed by atoms with Gasteiger partial charge in [-0.05, 0) is 103 Å². The Morgan fingerprint density at radius 1 is 1.10 bits per heavy atom. The molecule has 0 aromatic rings. The molecule has 3 saturated carbocycles. The summed E-state index contributed by atoms with van der Waals surface area (Å²) in [6, 6.07) is 0.00584. The molecule has 13 heteroatoms. The summed E-state index contributed by atoms with van der Waals surface area (Å²) in [5, 5.41) is 43.6. The Kier molecular flexibility index (Phi) is 8.04. The number of amides is 2. The second kappa shape index (κ2) is 11.5. The third-order valence-electron chi connectivity index (χ3n) is 15.4. The zero-order valence-corrected chi connectivity index (χ0v) is 31.0. The van der Waals surface area contributed by atoms with E-state index in [1.54, 1.807) is 24.8 Å². The van der Waals surface area contributed by atoms with E-state index in [1.807, 2.05) is 20.8 Å². The summed E-state index contributed by atoms with van der Waals surface area (Å²) in [5.74, 6) is -0.396. The molecule has 4 heterocycles. The highest BCUT2D eigenvalue weighted by molar-refractivity contribution is 8.00. The molecule has 51 heavy (non-hydrogen) atoms. The van der Waals surface area contributed by atoms with Crippen LogP contribution in [0.15, 0.2) is 23.3 Å². The van der Waals surface area contributed by atoms with Crippen LogP contribution in [-0.4, -0.2) is 97.0 Å². The third kappa shape index (κ3) is 4.59. The molecule has 12 nitrogen and oxygen atoms in total. The second-order valence-corrected chi connectivity index (χ2v) is 18.6. The molecule has 6 fully saturated rings. The highest BCUT2D eigenvalue weighted by Crippen LogP contribution is 2.75. The van der Waals surface area contributed by atoms with Crippen LogP contribution in [0, 0.1) is 28.6 Å². The monoisotopic (exact) mass is 728 g/mol. The number of unbranched alkanes of at least 4 members (excludes halogenated alkanes) is 1. The lowest BCUT2D eigenvalue weighted by Crippen LogP contribution is -2.73. The van der Waals surface area contributed by atoms with Gasteiger partial charge in [-0.2, -0.15) is 0 Å². The van der Waals surface area contributed by atoms with Crippen molar-refractivity contribution in [2.75, 3.05) is 5.75 Å². The van der Waals surface area contributed by atoms with Crippen molar-refractivity contribution in [1.29, 1.82) is 0 Å². The van der Waals surface area contributed by atoms with E-state index in [4.69, 9.17) is 14.2 Å². The van der Waals surface area contributed by atoms with Crippen LogP contribution in [0.3, 0.4) is 0 Å². The molecule has 6 unspecified atom stereocenters. The number of urea groups is 1. The molecule has 2 amide bonds. The van der Waals surface area contributed by atoms with Crippen LogP contribution in [0.2, 0.25) is 0 Å². The maximum absolute atomic E-state index is 14.0. The predicted octanol–water partition coefficient (Wildman–Crippen LogP) is 3.21. The zero-order chi connectivity index (χ0) is 36.5. The van der Waals surface area contributed by atoms with Gasteiger partial charge in [-0.25, -0.2) is 9.59 Å². The van der Waals surface area contributed by atoms with Crippen LogP contribution in [-0.2, 0) is 28.6 Å². The Hall–Kier alpha value is -2.45. The van der Waals surface area contributed by atoms with E-state index < -0.39 is 63.4 Å². The zero-order valence-electron chi connectivity index (χ0n) is 30.2. The Bertz CT molecular complexity index is 1630. The molecule has 0 radical (unpaired) electrons. The normalized spacial score (nSPS) is 49.1. The third-order valence-corrected chi connectivity index (χ3v) is 16.8. The summed E-state index contributed by atoms with van der Waals surface area (Å²) in [6.45, 7) is 8.75. The molecule has 3 saturated heterocycles. The highest BCUT2D eigenvalue weighted by Gasteiger charge is 2.85. The van der Waals surface area contributed by atoms with Gasteiger partial charge in [0, 0.05) is 29.6 Å². The Balaban J connectivity index is 0.969. The predicted molar refractivity (Wildman–Crippen MR) is 185 cm³/mol. The van der Waals surface area contributed by atoms with E-state index in [0.29, 0.717) is 37.2 Å². The molecule has 1 spiro atoms. The number of ether oxygens (including phenoxy) is 3. The number of epoxide rings is 1. The molecule has 4 aliphatic carbocycles. The van der Waals surface area contributed by atoms with Crippen LogP contribution in [0.5, 0.6) is 0 Å². The summed E-state index contributed by atoms with van der Waals surface area (Å²) in [5.41, 5.74) is -7.08. The Morgan fingerprint density at radius 3 is 2.61 bits per heavy atom. The van der Waals surface area contributed by atoms with Crippen molar-refractivity contribution in [3.05, 3.63) is 23.3 Å². The molecule has 8 rings (SSSR count). The van der Waals surface area contributed by atoms with E-state index in [2.05, 4.69) is 10.6 Å². The number of carbonyl (C=O) groups is 4. The van der Waals surface area contributed by atoms with Crippen LogP contribution >= 0.6 is 11.8 Å². The molecule has 8 aliphatic rings. The fraction of sp³-hybridized carbons (Fsp3) is 0.789. The van der Waals surface area contributed by atoms with Gasteiger partial charge in [0.1, 0.15) is 22.9 Å². The highest BCUT2D eigenvalue weighted by atomic mass is 32.2.